The average Bonchev–Trinajstić information content (AvgIpc) is 3.32. The summed E-state index contributed by atoms with van der Waals surface area (Å²) in [5, 5.41) is 11.5. The molecule has 0 saturated carbocycles. The molecule has 136 valence electrons. The minimum absolute atomic E-state index is 0.109. The number of thiophene rings is 1. The van der Waals surface area contributed by atoms with Crippen molar-refractivity contribution in [2.24, 2.45) is 0 Å². The average molecular weight is 390 g/mol. The molecular formula is C17H18N4O3S2. The highest BCUT2D eigenvalue weighted by molar-refractivity contribution is 7.17. The molecule has 0 fully saturated rings. The summed E-state index contributed by atoms with van der Waals surface area (Å²) in [6.07, 6.45) is 1.61. The van der Waals surface area contributed by atoms with Gasteiger partial charge in [-0.05, 0) is 32.2 Å². The number of hydrogen-bond donors (Lipinski definition) is 1. The number of carbonyl (C=O) groups is 2. The molecule has 0 aliphatic carbocycles. The number of nitrogens with one attached hydrogen (secondary N) is 1. The first-order valence-corrected chi connectivity index (χ1v) is 9.72. The van der Waals surface area contributed by atoms with E-state index in [2.05, 4.69) is 15.4 Å². The summed E-state index contributed by atoms with van der Waals surface area (Å²) in [7, 11) is 0. The molecule has 3 heterocycles. The van der Waals surface area contributed by atoms with Crippen LogP contribution in [-0.4, -0.2) is 33.2 Å². The Labute approximate surface area is 158 Å². The lowest BCUT2D eigenvalue weighted by molar-refractivity contribution is -0.119. The van der Waals surface area contributed by atoms with Gasteiger partial charge in [0.05, 0.1) is 11.9 Å². The van der Waals surface area contributed by atoms with Crippen molar-refractivity contribution in [3.8, 4) is 10.6 Å². The highest BCUT2D eigenvalue weighted by Gasteiger charge is 2.19. The number of ether oxygens (including phenoxy) is 1. The van der Waals surface area contributed by atoms with Gasteiger partial charge in [0.2, 0.25) is 0 Å². The second kappa shape index (κ2) is 7.79. The molecule has 0 spiro atoms. The Hall–Kier alpha value is -2.52. The van der Waals surface area contributed by atoms with Crippen molar-refractivity contribution in [2.75, 3.05) is 11.9 Å². The summed E-state index contributed by atoms with van der Waals surface area (Å²) >= 11 is 2.83. The van der Waals surface area contributed by atoms with Gasteiger partial charge in [-0.1, -0.05) is 0 Å². The largest absolute Gasteiger partial charge is 0.451 e. The molecule has 3 rings (SSSR count). The van der Waals surface area contributed by atoms with Gasteiger partial charge in [-0.2, -0.15) is 16.4 Å². The van der Waals surface area contributed by atoms with Crippen molar-refractivity contribution in [1.82, 2.24) is 14.8 Å². The predicted octanol–water partition coefficient (Wildman–Crippen LogP) is 3.75. The van der Waals surface area contributed by atoms with Crippen LogP contribution in [0, 0.1) is 6.92 Å². The van der Waals surface area contributed by atoms with Gasteiger partial charge in [-0.3, -0.25) is 4.79 Å². The molecule has 0 aromatic carbocycles. The van der Waals surface area contributed by atoms with Crippen LogP contribution in [-0.2, 0) is 9.53 Å². The maximum atomic E-state index is 12.3. The molecule has 7 nitrogen and oxygen atoms in total. The van der Waals surface area contributed by atoms with Gasteiger partial charge in [-0.25, -0.2) is 14.5 Å². The summed E-state index contributed by atoms with van der Waals surface area (Å²) in [6, 6.07) is 3.75. The first-order chi connectivity index (χ1) is 12.5. The third-order valence-electron chi connectivity index (χ3n) is 3.51. The number of esters is 1. The summed E-state index contributed by atoms with van der Waals surface area (Å²) < 4.78 is 6.82. The van der Waals surface area contributed by atoms with E-state index in [9.17, 15) is 9.59 Å². The lowest BCUT2D eigenvalue weighted by atomic mass is 10.3. The number of nitrogens with zero attached hydrogens (tertiary/aromatic N) is 3. The highest BCUT2D eigenvalue weighted by Crippen LogP contribution is 2.29. The molecule has 0 atom stereocenters. The minimum Gasteiger partial charge on any atom is -0.451 e. The quantitative estimate of drug-likeness (QED) is 0.648. The smallest absolute Gasteiger partial charge is 0.350 e. The van der Waals surface area contributed by atoms with Gasteiger partial charge >= 0.3 is 5.97 Å². The third-order valence-corrected chi connectivity index (χ3v) is 5.38. The Bertz CT molecular complexity index is 912. The van der Waals surface area contributed by atoms with Gasteiger partial charge in [-0.15, -0.1) is 11.3 Å². The molecule has 26 heavy (non-hydrogen) atoms. The molecule has 1 N–H and O–H groups in total. The van der Waals surface area contributed by atoms with E-state index in [4.69, 9.17) is 4.74 Å². The monoisotopic (exact) mass is 390 g/mol. The summed E-state index contributed by atoms with van der Waals surface area (Å²) in [5.41, 5.74) is 1.57. The summed E-state index contributed by atoms with van der Waals surface area (Å²) in [4.78, 5) is 29.2. The number of thiazole rings is 1. The van der Waals surface area contributed by atoms with E-state index >= 15 is 0 Å². The molecule has 1 amide bonds. The molecule has 0 unspecified atom stereocenters. The van der Waals surface area contributed by atoms with Crippen molar-refractivity contribution in [1.29, 1.82) is 0 Å². The van der Waals surface area contributed by atoms with Crippen molar-refractivity contribution in [3.63, 3.8) is 0 Å². The number of aromatic nitrogens is 3. The van der Waals surface area contributed by atoms with E-state index in [0.29, 0.717) is 16.4 Å². The molecule has 0 bridgehead atoms. The van der Waals surface area contributed by atoms with Crippen LogP contribution in [0.4, 0.5) is 5.82 Å². The maximum absolute atomic E-state index is 12.3. The Kier molecular flexibility index (Phi) is 5.48. The van der Waals surface area contributed by atoms with Crippen molar-refractivity contribution in [3.05, 3.63) is 39.7 Å². The number of anilines is 1. The zero-order chi connectivity index (χ0) is 18.7. The second-order valence-electron chi connectivity index (χ2n) is 5.82. The zero-order valence-corrected chi connectivity index (χ0v) is 16.2. The fourth-order valence-electron chi connectivity index (χ4n) is 2.30. The summed E-state index contributed by atoms with van der Waals surface area (Å²) in [6.45, 7) is 5.30. The van der Waals surface area contributed by atoms with Gasteiger partial charge in [0.1, 0.15) is 15.7 Å². The van der Waals surface area contributed by atoms with E-state index in [1.807, 2.05) is 30.7 Å². The normalized spacial score (nSPS) is 10.9. The molecule has 0 aliphatic heterocycles. The first-order valence-electron chi connectivity index (χ1n) is 7.96. The van der Waals surface area contributed by atoms with E-state index in [1.54, 1.807) is 35.2 Å². The van der Waals surface area contributed by atoms with Crippen LogP contribution in [0.3, 0.4) is 0 Å². The number of amides is 1. The van der Waals surface area contributed by atoms with E-state index in [1.165, 1.54) is 11.3 Å². The Balaban J connectivity index is 1.60. The van der Waals surface area contributed by atoms with Crippen LogP contribution in [0.15, 0.2) is 29.1 Å². The lowest BCUT2D eigenvalue weighted by Crippen LogP contribution is -2.23. The van der Waals surface area contributed by atoms with E-state index in [-0.39, 0.29) is 12.6 Å². The number of rotatable bonds is 6. The maximum Gasteiger partial charge on any atom is 0.350 e. The van der Waals surface area contributed by atoms with Gasteiger partial charge < -0.3 is 10.1 Å². The lowest BCUT2D eigenvalue weighted by Gasteiger charge is -2.11. The van der Waals surface area contributed by atoms with Crippen molar-refractivity contribution in [2.45, 2.75) is 26.8 Å². The third kappa shape index (κ3) is 4.00. The van der Waals surface area contributed by atoms with Crippen molar-refractivity contribution >= 4 is 40.4 Å². The molecule has 9 heteroatoms. The standard InChI is InChI=1S/C17H18N4O3S2/c1-10(2)21-13(4-6-18-21)20-14(22)8-24-17(23)15-11(3)19-16(26-15)12-5-7-25-9-12/h4-7,9-10H,8H2,1-3H3,(H,20,22). The van der Waals surface area contributed by atoms with Gasteiger partial charge in [0.25, 0.3) is 5.91 Å². The molecule has 0 saturated heterocycles. The second-order valence-corrected chi connectivity index (χ2v) is 7.60. The number of carbonyl (C=O) groups excluding carboxylic acids is 2. The Morgan fingerprint density at radius 2 is 2.15 bits per heavy atom. The van der Waals surface area contributed by atoms with Gasteiger partial charge in [0, 0.05) is 23.1 Å². The minimum atomic E-state index is -0.547. The van der Waals surface area contributed by atoms with Crippen LogP contribution in [0.5, 0.6) is 0 Å². The molecular weight excluding hydrogens is 372 g/mol. The van der Waals surface area contributed by atoms with E-state index in [0.717, 1.165) is 10.6 Å². The van der Waals surface area contributed by atoms with Crippen LogP contribution < -0.4 is 5.32 Å². The Morgan fingerprint density at radius 1 is 1.35 bits per heavy atom. The predicted molar refractivity (Wildman–Crippen MR) is 102 cm³/mol. The van der Waals surface area contributed by atoms with Crippen LogP contribution >= 0.6 is 22.7 Å². The molecule has 3 aromatic rings. The topological polar surface area (TPSA) is 86.1 Å². The number of aryl methyl sites for hydroxylation is 1. The van der Waals surface area contributed by atoms with E-state index < -0.39 is 11.9 Å². The SMILES string of the molecule is Cc1nc(-c2ccsc2)sc1C(=O)OCC(=O)Nc1ccnn1C(C)C. The Morgan fingerprint density at radius 3 is 2.85 bits per heavy atom. The fraction of sp³-hybridized carbons (Fsp3) is 0.294. The van der Waals surface area contributed by atoms with Crippen LogP contribution in [0.1, 0.15) is 35.3 Å². The molecule has 0 aliphatic rings. The van der Waals surface area contributed by atoms with Crippen molar-refractivity contribution < 1.29 is 14.3 Å². The molecule has 0 radical (unpaired) electrons. The van der Waals surface area contributed by atoms with Gasteiger partial charge in [0.15, 0.2) is 6.61 Å². The number of hydrogen-bond acceptors (Lipinski definition) is 7. The van der Waals surface area contributed by atoms with Crippen LogP contribution in [0.2, 0.25) is 0 Å². The fourth-order valence-corrected chi connectivity index (χ4v) is 3.97. The zero-order valence-electron chi connectivity index (χ0n) is 14.6. The van der Waals surface area contributed by atoms with Crippen LogP contribution in [0.25, 0.3) is 10.6 Å². The summed E-state index contributed by atoms with van der Waals surface area (Å²) in [5.74, 6) is -0.398. The first kappa shape index (κ1) is 18.3. The highest BCUT2D eigenvalue weighted by atomic mass is 32.1. The molecule has 3 aromatic heterocycles.